The molecule has 0 radical (unpaired) electrons. The van der Waals surface area contributed by atoms with Gasteiger partial charge in [0.1, 0.15) is 12.2 Å². The number of sulfonamides is 1. The van der Waals surface area contributed by atoms with Gasteiger partial charge in [-0.3, -0.25) is 9.59 Å². The molecule has 0 unspecified atom stereocenters. The summed E-state index contributed by atoms with van der Waals surface area (Å²) < 4.78 is 50.4. The summed E-state index contributed by atoms with van der Waals surface area (Å²) in [6, 6.07) is 5.69. The third kappa shape index (κ3) is 9.19. The number of hydrogen-bond acceptors (Lipinski definition) is 8. The van der Waals surface area contributed by atoms with Crippen molar-refractivity contribution in [3.05, 3.63) is 53.2 Å². The van der Waals surface area contributed by atoms with E-state index in [0.717, 1.165) is 10.6 Å². The highest BCUT2D eigenvalue weighted by Gasteiger charge is 2.39. The maximum atomic E-state index is 13.7. The topological polar surface area (TPSA) is 116 Å². The molecule has 0 saturated heterocycles. The van der Waals surface area contributed by atoms with Gasteiger partial charge in [0.2, 0.25) is 24.3 Å². The number of carbonyl (C=O) groups excluding carboxylic acids is 2. The zero-order valence-corrected chi connectivity index (χ0v) is 27.5. The molecule has 0 spiro atoms. The number of ketones is 1. The second-order valence-corrected chi connectivity index (χ2v) is 18.6. The number of nitrogens with zero attached hydrogens (tertiary/aromatic N) is 3. The third-order valence-electron chi connectivity index (χ3n) is 7.15. The number of esters is 1. The summed E-state index contributed by atoms with van der Waals surface area (Å²) in [4.78, 5) is 34.4. The van der Waals surface area contributed by atoms with Crippen molar-refractivity contribution >= 4 is 36.0 Å². The molecule has 12 heteroatoms. The standard InChI is InChI=1S/C29H42FN3O6SSi/c1-19(2)26-24(16-15-22(34)17-23(18-25(35)38-7)39-41(9,10)29(3,4)5)27(20-11-13-21(30)14-12-20)32-28(31-26)33(6)40(8,36)37/h11-14,17,19H,15-16,18H2,1-10H3/b23-17-. The van der Waals surface area contributed by atoms with Gasteiger partial charge in [-0.1, -0.05) is 34.6 Å². The molecular formula is C29H42FN3O6SSi. The van der Waals surface area contributed by atoms with Crippen LogP contribution in [-0.4, -0.2) is 58.9 Å². The number of halogens is 1. The number of ether oxygens (including phenoxy) is 1. The first kappa shape index (κ1) is 34.1. The Labute approximate surface area is 244 Å². The van der Waals surface area contributed by atoms with E-state index in [9.17, 15) is 22.4 Å². The molecule has 2 rings (SSSR count). The fourth-order valence-corrected chi connectivity index (χ4v) is 5.13. The molecule has 0 amide bonds. The van der Waals surface area contributed by atoms with Crippen molar-refractivity contribution in [2.75, 3.05) is 24.7 Å². The molecule has 1 aromatic carbocycles. The Balaban J connectivity index is 2.57. The van der Waals surface area contributed by atoms with Gasteiger partial charge < -0.3 is 9.16 Å². The summed E-state index contributed by atoms with van der Waals surface area (Å²) in [7, 11) is -3.36. The molecule has 1 aromatic heterocycles. The zero-order chi connectivity index (χ0) is 31.3. The second-order valence-electron chi connectivity index (χ2n) is 11.8. The second kappa shape index (κ2) is 13.2. The van der Waals surface area contributed by atoms with Crippen LogP contribution >= 0.6 is 0 Å². The van der Waals surface area contributed by atoms with Crippen LogP contribution in [-0.2, 0) is 35.2 Å². The number of aromatic nitrogens is 2. The Bertz CT molecular complexity index is 1400. The lowest BCUT2D eigenvalue weighted by molar-refractivity contribution is -0.140. The van der Waals surface area contributed by atoms with Crippen molar-refractivity contribution in [3.8, 4) is 11.3 Å². The molecule has 0 N–H and O–H groups in total. The van der Waals surface area contributed by atoms with E-state index < -0.39 is 30.1 Å². The Morgan fingerprint density at radius 3 is 2.20 bits per heavy atom. The van der Waals surface area contributed by atoms with Crippen molar-refractivity contribution in [2.24, 2.45) is 0 Å². The molecule has 2 aromatic rings. The van der Waals surface area contributed by atoms with Crippen LogP contribution in [0.25, 0.3) is 11.3 Å². The number of hydrogen-bond donors (Lipinski definition) is 0. The highest BCUT2D eigenvalue weighted by atomic mass is 32.2. The molecular weight excluding hydrogens is 565 g/mol. The first-order valence-electron chi connectivity index (χ1n) is 13.4. The summed E-state index contributed by atoms with van der Waals surface area (Å²) in [6.07, 6.45) is 2.52. The van der Waals surface area contributed by atoms with Crippen molar-refractivity contribution < 1.29 is 31.6 Å². The summed E-state index contributed by atoms with van der Waals surface area (Å²) in [5, 5.41) is -0.153. The van der Waals surface area contributed by atoms with Gasteiger partial charge in [0.05, 0.1) is 30.5 Å². The summed E-state index contributed by atoms with van der Waals surface area (Å²) >= 11 is 0. The van der Waals surface area contributed by atoms with Crippen LogP contribution < -0.4 is 4.31 Å². The minimum Gasteiger partial charge on any atom is -0.546 e. The Morgan fingerprint density at radius 1 is 1.12 bits per heavy atom. The molecule has 226 valence electrons. The lowest BCUT2D eigenvalue weighted by Gasteiger charge is -2.37. The molecule has 41 heavy (non-hydrogen) atoms. The first-order chi connectivity index (χ1) is 18.8. The minimum absolute atomic E-state index is 0.0198. The summed E-state index contributed by atoms with van der Waals surface area (Å²) in [6.45, 7) is 14.1. The fraction of sp³-hybridized carbons (Fsp3) is 0.517. The van der Waals surface area contributed by atoms with Crippen LogP contribution in [0.3, 0.4) is 0 Å². The lowest BCUT2D eigenvalue weighted by Crippen LogP contribution is -2.40. The van der Waals surface area contributed by atoms with E-state index in [1.807, 2.05) is 26.9 Å². The van der Waals surface area contributed by atoms with E-state index in [1.165, 1.54) is 32.4 Å². The average molecular weight is 608 g/mol. The molecule has 1 heterocycles. The van der Waals surface area contributed by atoms with E-state index in [4.69, 9.17) is 9.16 Å². The highest BCUT2D eigenvalue weighted by Crippen LogP contribution is 2.38. The van der Waals surface area contributed by atoms with Gasteiger partial charge in [-0.25, -0.2) is 27.1 Å². The van der Waals surface area contributed by atoms with Gasteiger partial charge in [0, 0.05) is 30.7 Å². The number of carbonyl (C=O) groups is 2. The number of rotatable bonds is 12. The van der Waals surface area contributed by atoms with E-state index in [1.54, 1.807) is 12.1 Å². The number of anilines is 1. The predicted octanol–water partition coefficient (Wildman–Crippen LogP) is 5.77. The quantitative estimate of drug-likeness (QED) is 0.129. The molecule has 0 fully saturated rings. The number of allylic oxidation sites excluding steroid dienone is 1. The Hall–Kier alpha value is -3.12. The SMILES string of the molecule is COC(=O)C/C(=C/C(=O)CCc1c(-c2ccc(F)cc2)nc(N(C)S(C)(=O)=O)nc1C(C)C)O[Si](C)(C)C(C)(C)C. The normalized spacial score (nSPS) is 12.8. The molecule has 0 atom stereocenters. The van der Waals surface area contributed by atoms with E-state index >= 15 is 0 Å². The maximum absolute atomic E-state index is 13.7. The van der Waals surface area contributed by atoms with E-state index in [-0.39, 0.29) is 47.7 Å². The molecule has 0 saturated carbocycles. The third-order valence-corrected chi connectivity index (χ3v) is 12.7. The largest absolute Gasteiger partial charge is 0.546 e. The Morgan fingerprint density at radius 2 is 1.71 bits per heavy atom. The van der Waals surface area contributed by atoms with Gasteiger partial charge in [0.25, 0.3) is 0 Å². The van der Waals surface area contributed by atoms with E-state index in [0.29, 0.717) is 22.5 Å². The Kier molecular flexibility index (Phi) is 11.0. The smallest absolute Gasteiger partial charge is 0.313 e. The van der Waals surface area contributed by atoms with Crippen molar-refractivity contribution in [1.29, 1.82) is 0 Å². The van der Waals surface area contributed by atoms with Crippen LogP contribution in [0.1, 0.15) is 64.6 Å². The van der Waals surface area contributed by atoms with Crippen LogP contribution in [0.2, 0.25) is 18.1 Å². The molecule has 0 aliphatic heterocycles. The van der Waals surface area contributed by atoms with Gasteiger partial charge in [-0.2, -0.15) is 0 Å². The molecule has 9 nitrogen and oxygen atoms in total. The van der Waals surface area contributed by atoms with Crippen LogP contribution in [0.15, 0.2) is 36.1 Å². The number of benzene rings is 1. The summed E-state index contributed by atoms with van der Waals surface area (Å²) in [5.74, 6) is -1.10. The van der Waals surface area contributed by atoms with Crippen molar-refractivity contribution in [2.45, 2.75) is 77.9 Å². The monoisotopic (exact) mass is 607 g/mol. The number of methoxy groups -OCH3 is 1. The minimum atomic E-state index is -3.66. The fourth-order valence-electron chi connectivity index (χ4n) is 3.66. The first-order valence-corrected chi connectivity index (χ1v) is 18.1. The molecule has 0 aliphatic carbocycles. The van der Waals surface area contributed by atoms with Crippen LogP contribution in [0, 0.1) is 5.82 Å². The van der Waals surface area contributed by atoms with Crippen LogP contribution in [0.5, 0.6) is 0 Å². The zero-order valence-electron chi connectivity index (χ0n) is 25.7. The van der Waals surface area contributed by atoms with Gasteiger partial charge in [-0.05, 0) is 54.7 Å². The van der Waals surface area contributed by atoms with Gasteiger partial charge in [-0.15, -0.1) is 0 Å². The maximum Gasteiger partial charge on any atom is 0.313 e. The van der Waals surface area contributed by atoms with Gasteiger partial charge in [0.15, 0.2) is 5.78 Å². The highest BCUT2D eigenvalue weighted by molar-refractivity contribution is 7.92. The lowest BCUT2D eigenvalue weighted by atomic mass is 9.94. The van der Waals surface area contributed by atoms with Crippen molar-refractivity contribution in [3.63, 3.8) is 0 Å². The summed E-state index contributed by atoms with van der Waals surface area (Å²) in [5.41, 5.74) is 2.20. The average Bonchev–Trinajstić information content (AvgIpc) is 2.85. The molecule has 0 aliphatic rings. The van der Waals surface area contributed by atoms with Gasteiger partial charge >= 0.3 is 5.97 Å². The predicted molar refractivity (Wildman–Crippen MR) is 161 cm³/mol. The molecule has 0 bridgehead atoms. The van der Waals surface area contributed by atoms with Crippen molar-refractivity contribution in [1.82, 2.24) is 9.97 Å². The van der Waals surface area contributed by atoms with Crippen LogP contribution in [0.4, 0.5) is 10.3 Å². The van der Waals surface area contributed by atoms with E-state index in [2.05, 4.69) is 30.7 Å².